The lowest BCUT2D eigenvalue weighted by atomic mass is 10.1. The number of hydrogen-bond donors (Lipinski definition) is 0. The SMILES string of the molecule is CC(C)(Oc1ccc(Cl)cc1)C1=NC(c2ccccc2)CO1. The Morgan fingerprint density at radius 2 is 1.77 bits per heavy atom. The van der Waals surface area contributed by atoms with Gasteiger partial charge in [-0.25, -0.2) is 4.99 Å². The van der Waals surface area contributed by atoms with Crippen LogP contribution in [0.5, 0.6) is 5.75 Å². The summed E-state index contributed by atoms with van der Waals surface area (Å²) >= 11 is 5.89. The molecule has 0 aromatic heterocycles. The highest BCUT2D eigenvalue weighted by Crippen LogP contribution is 2.29. The van der Waals surface area contributed by atoms with Crippen molar-refractivity contribution in [1.29, 1.82) is 0 Å². The van der Waals surface area contributed by atoms with Gasteiger partial charge in [-0.3, -0.25) is 0 Å². The number of aliphatic imine (C=N–C) groups is 1. The van der Waals surface area contributed by atoms with Gasteiger partial charge in [0.1, 0.15) is 18.4 Å². The molecule has 0 N–H and O–H groups in total. The van der Waals surface area contributed by atoms with Crippen LogP contribution < -0.4 is 4.74 Å². The standard InChI is InChI=1S/C18H18ClNO2/c1-18(2,22-15-10-8-14(19)9-11-15)17-20-16(12-21-17)13-6-4-3-5-7-13/h3-11,16H,12H2,1-2H3. The fourth-order valence-corrected chi connectivity index (χ4v) is 2.52. The number of hydrogen-bond acceptors (Lipinski definition) is 3. The Bertz CT molecular complexity index is 665. The van der Waals surface area contributed by atoms with Crippen LogP contribution in [0.15, 0.2) is 59.6 Å². The van der Waals surface area contributed by atoms with Crippen molar-refractivity contribution in [2.24, 2.45) is 4.99 Å². The molecule has 1 heterocycles. The van der Waals surface area contributed by atoms with Gasteiger partial charge in [-0.15, -0.1) is 0 Å². The van der Waals surface area contributed by atoms with Crippen LogP contribution in [0.25, 0.3) is 0 Å². The predicted molar refractivity (Wildman–Crippen MR) is 88.7 cm³/mol. The summed E-state index contributed by atoms with van der Waals surface area (Å²) in [7, 11) is 0. The van der Waals surface area contributed by atoms with Crippen molar-refractivity contribution in [3.8, 4) is 5.75 Å². The fraction of sp³-hybridized carbons (Fsp3) is 0.278. The van der Waals surface area contributed by atoms with Crippen LogP contribution >= 0.6 is 11.6 Å². The van der Waals surface area contributed by atoms with Crippen LogP contribution in [0.4, 0.5) is 0 Å². The minimum absolute atomic E-state index is 0.0318. The molecule has 0 amide bonds. The Morgan fingerprint density at radius 3 is 2.45 bits per heavy atom. The van der Waals surface area contributed by atoms with E-state index in [-0.39, 0.29) is 6.04 Å². The molecular weight excluding hydrogens is 298 g/mol. The van der Waals surface area contributed by atoms with E-state index in [1.807, 2.05) is 44.2 Å². The van der Waals surface area contributed by atoms with Gasteiger partial charge in [-0.2, -0.15) is 0 Å². The molecule has 4 heteroatoms. The Kier molecular flexibility index (Phi) is 4.08. The van der Waals surface area contributed by atoms with Crippen LogP contribution in [-0.4, -0.2) is 18.1 Å². The van der Waals surface area contributed by atoms with Crippen molar-refractivity contribution in [3.05, 3.63) is 65.2 Å². The van der Waals surface area contributed by atoms with Crippen molar-refractivity contribution in [2.75, 3.05) is 6.61 Å². The van der Waals surface area contributed by atoms with Crippen LogP contribution in [0.1, 0.15) is 25.5 Å². The predicted octanol–water partition coefficient (Wildman–Crippen LogP) is 4.67. The van der Waals surface area contributed by atoms with E-state index < -0.39 is 5.60 Å². The second-order valence-electron chi connectivity index (χ2n) is 5.74. The van der Waals surface area contributed by atoms with Crippen molar-refractivity contribution in [3.63, 3.8) is 0 Å². The number of benzene rings is 2. The monoisotopic (exact) mass is 315 g/mol. The molecule has 1 atom stereocenters. The minimum Gasteiger partial charge on any atom is -0.478 e. The first-order valence-corrected chi connectivity index (χ1v) is 7.63. The second-order valence-corrected chi connectivity index (χ2v) is 6.17. The van der Waals surface area contributed by atoms with Gasteiger partial charge in [-0.05, 0) is 43.7 Å². The maximum atomic E-state index is 6.01. The summed E-state index contributed by atoms with van der Waals surface area (Å²) in [6.45, 7) is 4.45. The zero-order chi connectivity index (χ0) is 15.6. The molecule has 1 unspecified atom stereocenters. The van der Waals surface area contributed by atoms with Gasteiger partial charge in [-0.1, -0.05) is 41.9 Å². The zero-order valence-corrected chi connectivity index (χ0v) is 13.4. The third-order valence-corrected chi connectivity index (χ3v) is 3.79. The lowest BCUT2D eigenvalue weighted by Gasteiger charge is -2.25. The molecule has 0 saturated carbocycles. The van der Waals surface area contributed by atoms with Crippen molar-refractivity contribution < 1.29 is 9.47 Å². The maximum Gasteiger partial charge on any atom is 0.229 e. The average molecular weight is 316 g/mol. The first-order chi connectivity index (χ1) is 10.5. The first-order valence-electron chi connectivity index (χ1n) is 7.25. The Morgan fingerprint density at radius 1 is 1.09 bits per heavy atom. The van der Waals surface area contributed by atoms with Gasteiger partial charge in [0.15, 0.2) is 5.60 Å². The van der Waals surface area contributed by atoms with Crippen molar-refractivity contribution in [2.45, 2.75) is 25.5 Å². The van der Waals surface area contributed by atoms with Gasteiger partial charge in [0.25, 0.3) is 0 Å². The van der Waals surface area contributed by atoms with Crippen LogP contribution in [0.2, 0.25) is 5.02 Å². The van der Waals surface area contributed by atoms with Gasteiger partial charge in [0, 0.05) is 5.02 Å². The van der Waals surface area contributed by atoms with E-state index in [1.54, 1.807) is 12.1 Å². The van der Waals surface area contributed by atoms with Crippen molar-refractivity contribution in [1.82, 2.24) is 0 Å². The molecular formula is C18H18ClNO2. The maximum absolute atomic E-state index is 6.01. The number of rotatable bonds is 4. The number of nitrogens with zero attached hydrogens (tertiary/aromatic N) is 1. The van der Waals surface area contributed by atoms with Gasteiger partial charge in [0.05, 0.1) is 0 Å². The molecule has 22 heavy (non-hydrogen) atoms. The molecule has 3 rings (SSSR count). The Balaban J connectivity index is 1.76. The molecule has 1 aliphatic heterocycles. The van der Waals surface area contributed by atoms with E-state index in [4.69, 9.17) is 21.1 Å². The summed E-state index contributed by atoms with van der Waals surface area (Å²) in [6, 6.07) is 17.5. The summed E-state index contributed by atoms with van der Waals surface area (Å²) < 4.78 is 11.8. The molecule has 2 aromatic carbocycles. The second kappa shape index (κ2) is 6.01. The quantitative estimate of drug-likeness (QED) is 0.821. The Hall–Kier alpha value is -2.00. The summed E-state index contributed by atoms with van der Waals surface area (Å²) in [5.41, 5.74) is 0.525. The fourth-order valence-electron chi connectivity index (χ4n) is 2.39. The topological polar surface area (TPSA) is 30.8 Å². The van der Waals surface area contributed by atoms with E-state index in [1.165, 1.54) is 0 Å². The van der Waals surface area contributed by atoms with E-state index in [0.29, 0.717) is 17.5 Å². The normalized spacial score (nSPS) is 17.8. The molecule has 0 fully saturated rings. The highest BCUT2D eigenvalue weighted by molar-refractivity contribution is 6.30. The first kappa shape index (κ1) is 14.9. The highest BCUT2D eigenvalue weighted by Gasteiger charge is 2.34. The molecule has 0 radical (unpaired) electrons. The lowest BCUT2D eigenvalue weighted by molar-refractivity contribution is 0.146. The van der Waals surface area contributed by atoms with Crippen molar-refractivity contribution >= 4 is 17.5 Å². The third kappa shape index (κ3) is 3.25. The van der Waals surface area contributed by atoms with E-state index in [9.17, 15) is 0 Å². The summed E-state index contributed by atoms with van der Waals surface area (Å²) in [6.07, 6.45) is 0. The van der Waals surface area contributed by atoms with E-state index >= 15 is 0 Å². The van der Waals surface area contributed by atoms with E-state index in [0.717, 1.165) is 11.3 Å². The zero-order valence-electron chi connectivity index (χ0n) is 12.6. The minimum atomic E-state index is -0.628. The van der Waals surface area contributed by atoms with Crippen LogP contribution in [-0.2, 0) is 4.74 Å². The van der Waals surface area contributed by atoms with Gasteiger partial charge in [0.2, 0.25) is 5.90 Å². The van der Waals surface area contributed by atoms with Gasteiger partial charge >= 0.3 is 0 Å². The van der Waals surface area contributed by atoms with E-state index in [2.05, 4.69) is 17.1 Å². The largest absolute Gasteiger partial charge is 0.478 e. The molecule has 0 bridgehead atoms. The highest BCUT2D eigenvalue weighted by atomic mass is 35.5. The molecule has 0 spiro atoms. The van der Waals surface area contributed by atoms with Crippen LogP contribution in [0, 0.1) is 0 Å². The third-order valence-electron chi connectivity index (χ3n) is 3.54. The molecule has 0 aliphatic carbocycles. The smallest absolute Gasteiger partial charge is 0.229 e. The number of halogens is 1. The van der Waals surface area contributed by atoms with Crippen LogP contribution in [0.3, 0.4) is 0 Å². The molecule has 0 saturated heterocycles. The Labute approximate surface area is 135 Å². The summed E-state index contributed by atoms with van der Waals surface area (Å²) in [5, 5.41) is 0.684. The lowest BCUT2D eigenvalue weighted by Crippen LogP contribution is -2.38. The molecule has 114 valence electrons. The van der Waals surface area contributed by atoms with Gasteiger partial charge < -0.3 is 9.47 Å². The average Bonchev–Trinajstić information content (AvgIpc) is 3.01. The summed E-state index contributed by atoms with van der Waals surface area (Å²) in [4.78, 5) is 4.69. The molecule has 3 nitrogen and oxygen atoms in total. The summed E-state index contributed by atoms with van der Waals surface area (Å²) in [5.74, 6) is 1.36. The molecule has 1 aliphatic rings. The number of ether oxygens (including phenoxy) is 2. The molecule has 2 aromatic rings.